The standard InChI is InChI=1S/C44H48N8O6S2/c1-44(2,60-59-6)26-46-41(54)35-19-30(23-50(35)3)27-13-15-31(16-14-27)47-42(55)40-49-38(25-51(40)4)48-39(53)12-9-17-58-37-21-34-33(20-36(37)57-5)43(56)52-24-29-11-8-7-10-28(29)18-32(52)22-45-34/h7-8,10-11,13-16,19-23,25,32H,9,12,17-18,24,26H2,1-6H3,(H,46,54)(H,47,55)(H,48,53)/t32-/m0/s1. The van der Waals surface area contributed by atoms with E-state index in [0.29, 0.717) is 60.1 Å². The fourth-order valence-electron chi connectivity index (χ4n) is 7.20. The van der Waals surface area contributed by atoms with Crippen LogP contribution in [0.1, 0.15) is 69.3 Å². The second-order valence-corrected chi connectivity index (χ2v) is 18.4. The maximum Gasteiger partial charge on any atom is 0.291 e. The molecule has 2 aliphatic rings. The van der Waals surface area contributed by atoms with Gasteiger partial charge in [0.05, 0.1) is 31.0 Å². The van der Waals surface area contributed by atoms with Crippen LogP contribution in [-0.2, 0) is 31.9 Å². The van der Waals surface area contributed by atoms with Crippen LogP contribution >= 0.6 is 21.6 Å². The van der Waals surface area contributed by atoms with Crippen molar-refractivity contribution in [1.82, 2.24) is 24.3 Å². The molecule has 7 rings (SSSR count). The van der Waals surface area contributed by atoms with Crippen molar-refractivity contribution in [3.8, 4) is 22.6 Å². The molecule has 1 atom stereocenters. The molecule has 4 heterocycles. The van der Waals surface area contributed by atoms with Gasteiger partial charge in [0.15, 0.2) is 17.3 Å². The van der Waals surface area contributed by atoms with E-state index in [1.807, 2.05) is 60.9 Å². The van der Waals surface area contributed by atoms with Crippen molar-refractivity contribution in [1.29, 1.82) is 0 Å². The number of carbonyl (C=O) groups excluding carboxylic acids is 4. The number of aryl methyl sites for hydroxylation is 2. The van der Waals surface area contributed by atoms with Crippen molar-refractivity contribution in [2.24, 2.45) is 19.1 Å². The lowest BCUT2D eigenvalue weighted by molar-refractivity contribution is -0.116. The lowest BCUT2D eigenvalue weighted by Gasteiger charge is -2.34. The van der Waals surface area contributed by atoms with Crippen LogP contribution in [0.2, 0.25) is 0 Å². The third-order valence-corrected chi connectivity index (χ3v) is 12.9. The van der Waals surface area contributed by atoms with E-state index in [1.54, 1.807) is 68.2 Å². The Bertz CT molecular complexity index is 2460. The summed E-state index contributed by atoms with van der Waals surface area (Å²) < 4.78 is 14.9. The van der Waals surface area contributed by atoms with Crippen molar-refractivity contribution in [3.05, 3.63) is 107 Å². The minimum atomic E-state index is -0.442. The zero-order valence-corrected chi connectivity index (χ0v) is 36.0. The first kappa shape index (κ1) is 42.1. The number of anilines is 2. The van der Waals surface area contributed by atoms with Crippen LogP contribution in [-0.4, -0.2) is 86.2 Å². The summed E-state index contributed by atoms with van der Waals surface area (Å²) in [4.78, 5) is 63.6. The summed E-state index contributed by atoms with van der Waals surface area (Å²) in [5.41, 5.74) is 6.17. The van der Waals surface area contributed by atoms with Crippen LogP contribution in [0.3, 0.4) is 0 Å². The van der Waals surface area contributed by atoms with E-state index in [1.165, 1.54) is 12.7 Å². The minimum Gasteiger partial charge on any atom is -0.493 e. The molecule has 0 spiro atoms. The van der Waals surface area contributed by atoms with Crippen molar-refractivity contribution in [3.63, 3.8) is 0 Å². The molecule has 0 saturated heterocycles. The Morgan fingerprint density at radius 3 is 2.43 bits per heavy atom. The first-order valence-electron chi connectivity index (χ1n) is 19.5. The largest absolute Gasteiger partial charge is 0.493 e. The fraction of sp³-hybridized carbons (Fsp3) is 0.318. The highest BCUT2D eigenvalue weighted by Gasteiger charge is 2.33. The number of hydrogen-bond acceptors (Lipinski definition) is 10. The second-order valence-electron chi connectivity index (χ2n) is 15.3. The number of rotatable bonds is 15. The third-order valence-electron chi connectivity index (χ3n) is 10.3. The maximum atomic E-state index is 13.7. The Hall–Kier alpha value is -6.00. The number of hydrogen-bond donors (Lipinski definition) is 3. The monoisotopic (exact) mass is 848 g/mol. The molecule has 3 N–H and O–H groups in total. The molecule has 16 heteroatoms. The average molecular weight is 849 g/mol. The number of amides is 4. The van der Waals surface area contributed by atoms with Gasteiger partial charge in [-0.1, -0.05) is 58.0 Å². The van der Waals surface area contributed by atoms with Crippen molar-refractivity contribution >= 4 is 68.6 Å². The summed E-state index contributed by atoms with van der Waals surface area (Å²) in [7, 11) is 8.43. The fourth-order valence-corrected chi connectivity index (χ4v) is 9.31. The van der Waals surface area contributed by atoms with Crippen LogP contribution in [0.4, 0.5) is 17.2 Å². The number of benzene rings is 3. The summed E-state index contributed by atoms with van der Waals surface area (Å²) in [6.07, 6.45) is 8.53. The number of aromatic nitrogens is 3. The smallest absolute Gasteiger partial charge is 0.291 e. The molecular formula is C44H48N8O6S2. The van der Waals surface area contributed by atoms with Gasteiger partial charge in [-0.3, -0.25) is 24.2 Å². The second kappa shape index (κ2) is 18.1. The number of methoxy groups -OCH3 is 1. The van der Waals surface area contributed by atoms with Gasteiger partial charge in [-0.15, -0.1) is 0 Å². The Balaban J connectivity index is 0.895. The average Bonchev–Trinajstić information content (AvgIpc) is 3.77. The summed E-state index contributed by atoms with van der Waals surface area (Å²) in [6.45, 7) is 5.44. The van der Waals surface area contributed by atoms with Crippen LogP contribution in [0.5, 0.6) is 11.5 Å². The lowest BCUT2D eigenvalue weighted by Crippen LogP contribution is -2.44. The van der Waals surface area contributed by atoms with Gasteiger partial charge >= 0.3 is 0 Å². The predicted molar refractivity (Wildman–Crippen MR) is 238 cm³/mol. The van der Waals surface area contributed by atoms with E-state index in [9.17, 15) is 19.2 Å². The first-order chi connectivity index (χ1) is 28.8. The molecule has 0 radical (unpaired) electrons. The minimum absolute atomic E-state index is 0.0973. The SMILES string of the molecule is COc1cc2c(cc1OCCCC(=O)Nc1cn(C)c(C(=O)Nc3ccc(-c4cc(C(=O)NCC(C)(C)SSC)n(C)c4)cc3)n1)N=C[C@@H]1Cc3ccccc3CN1C2=O. The Morgan fingerprint density at radius 1 is 0.917 bits per heavy atom. The number of fused-ring (bicyclic) bond motifs is 3. The molecule has 14 nitrogen and oxygen atoms in total. The molecule has 4 amide bonds. The van der Waals surface area contributed by atoms with E-state index in [0.717, 1.165) is 16.7 Å². The predicted octanol–water partition coefficient (Wildman–Crippen LogP) is 7.29. The number of imidazole rings is 1. The van der Waals surface area contributed by atoms with Crippen LogP contribution in [0.25, 0.3) is 11.1 Å². The summed E-state index contributed by atoms with van der Waals surface area (Å²) in [5.74, 6) is 0.202. The quantitative estimate of drug-likeness (QED) is 0.0726. The van der Waals surface area contributed by atoms with Gasteiger partial charge in [-0.25, -0.2) is 4.98 Å². The van der Waals surface area contributed by atoms with E-state index in [4.69, 9.17) is 9.47 Å². The van der Waals surface area contributed by atoms with Crippen molar-refractivity contribution < 1.29 is 28.7 Å². The molecular weight excluding hydrogens is 801 g/mol. The van der Waals surface area contributed by atoms with E-state index in [-0.39, 0.29) is 53.2 Å². The summed E-state index contributed by atoms with van der Waals surface area (Å²) >= 11 is 0. The lowest BCUT2D eigenvalue weighted by atomic mass is 9.94. The first-order valence-corrected chi connectivity index (χ1v) is 22.1. The molecule has 2 aliphatic heterocycles. The molecule has 60 heavy (non-hydrogen) atoms. The van der Waals surface area contributed by atoms with Gasteiger partial charge in [0.25, 0.3) is 17.7 Å². The number of carbonyl (C=O) groups is 4. The zero-order valence-electron chi connectivity index (χ0n) is 34.4. The Morgan fingerprint density at radius 2 is 1.68 bits per heavy atom. The molecule has 2 aromatic heterocycles. The molecule has 0 fully saturated rings. The van der Waals surface area contributed by atoms with Gasteiger partial charge < -0.3 is 39.5 Å². The van der Waals surface area contributed by atoms with Crippen LogP contribution in [0.15, 0.2) is 84.1 Å². The maximum absolute atomic E-state index is 13.7. The van der Waals surface area contributed by atoms with Crippen molar-refractivity contribution in [2.45, 2.75) is 50.4 Å². The highest BCUT2D eigenvalue weighted by Crippen LogP contribution is 2.39. The van der Waals surface area contributed by atoms with Crippen LogP contribution < -0.4 is 25.4 Å². The highest BCUT2D eigenvalue weighted by molar-refractivity contribution is 8.77. The highest BCUT2D eigenvalue weighted by atomic mass is 33.1. The Labute approximate surface area is 356 Å². The summed E-state index contributed by atoms with van der Waals surface area (Å²) in [6, 6.07) is 20.5. The molecule has 0 aliphatic carbocycles. The normalized spacial score (nSPS) is 14.4. The van der Waals surface area contributed by atoms with E-state index >= 15 is 0 Å². The molecule has 5 aromatic rings. The number of nitrogens with one attached hydrogen (secondary N) is 3. The molecule has 3 aromatic carbocycles. The zero-order chi connectivity index (χ0) is 42.6. The van der Waals surface area contributed by atoms with Crippen molar-refractivity contribution in [2.75, 3.05) is 37.2 Å². The van der Waals surface area contributed by atoms with Gasteiger partial charge in [0, 0.05) is 74.3 Å². The molecule has 0 saturated carbocycles. The van der Waals surface area contributed by atoms with E-state index < -0.39 is 5.91 Å². The van der Waals surface area contributed by atoms with Gasteiger partial charge in [-0.05, 0) is 73.9 Å². The van der Waals surface area contributed by atoms with Gasteiger partial charge in [0.2, 0.25) is 11.7 Å². The Kier molecular flexibility index (Phi) is 12.7. The number of aliphatic imine (C=N–C) groups is 1. The number of ether oxygens (including phenoxy) is 2. The molecule has 312 valence electrons. The molecule has 0 unspecified atom stereocenters. The topological polar surface area (TPSA) is 161 Å². The summed E-state index contributed by atoms with van der Waals surface area (Å²) in [5, 5.41) is 8.66. The third kappa shape index (κ3) is 9.55. The van der Waals surface area contributed by atoms with Crippen LogP contribution in [0, 0.1) is 0 Å². The van der Waals surface area contributed by atoms with E-state index in [2.05, 4.69) is 51.9 Å². The van der Waals surface area contributed by atoms with Gasteiger partial charge in [0.1, 0.15) is 5.69 Å². The molecule has 0 bridgehead atoms. The van der Waals surface area contributed by atoms with Gasteiger partial charge in [-0.2, -0.15) is 0 Å². The number of nitrogens with zero attached hydrogens (tertiary/aromatic N) is 5.